The maximum Gasteiger partial charge on any atom is 0.293 e. The van der Waals surface area contributed by atoms with Crippen LogP contribution in [0, 0.1) is 5.92 Å². The third kappa shape index (κ3) is 5.16. The van der Waals surface area contributed by atoms with Crippen molar-refractivity contribution < 1.29 is 48.2 Å². The van der Waals surface area contributed by atoms with Crippen LogP contribution in [-0.2, 0) is 34.9 Å². The molecule has 6 atom stereocenters. The highest BCUT2D eigenvalue weighted by molar-refractivity contribution is 5.51. The first-order valence-electron chi connectivity index (χ1n) is 10.8. The molecular weight excluding hydrogens is 424 g/mol. The van der Waals surface area contributed by atoms with Crippen molar-refractivity contribution in [3.63, 3.8) is 0 Å². The van der Waals surface area contributed by atoms with E-state index in [0.29, 0.717) is 18.0 Å². The highest BCUT2D eigenvalue weighted by atomic mass is 16.8. The van der Waals surface area contributed by atoms with E-state index in [1.54, 1.807) is 6.92 Å². The summed E-state index contributed by atoms with van der Waals surface area (Å²) in [5.74, 6) is 1.18. The van der Waals surface area contributed by atoms with Crippen molar-refractivity contribution in [2.75, 3.05) is 26.6 Å². The minimum atomic E-state index is -1.86. The number of fused-ring (bicyclic) bond motifs is 2. The van der Waals surface area contributed by atoms with E-state index in [-0.39, 0.29) is 50.8 Å². The Hall–Kier alpha value is -1.95. The van der Waals surface area contributed by atoms with Gasteiger partial charge in [-0.05, 0) is 49.9 Å². The van der Waals surface area contributed by atoms with Gasteiger partial charge >= 0.3 is 0 Å². The van der Waals surface area contributed by atoms with Crippen LogP contribution in [0.25, 0.3) is 0 Å². The molecule has 1 saturated heterocycles. The lowest BCUT2D eigenvalue weighted by Gasteiger charge is -2.37. The molecule has 0 saturated carbocycles. The molecule has 2 N–H and O–H groups in total. The summed E-state index contributed by atoms with van der Waals surface area (Å²) in [6, 6.07) is 3.90. The molecule has 1 aromatic rings. The molecule has 0 bridgehead atoms. The number of benzene rings is 1. The van der Waals surface area contributed by atoms with Gasteiger partial charge < -0.3 is 43.4 Å². The number of carbonyl (C=O) groups excluding carboxylic acids is 1. The zero-order valence-electron chi connectivity index (χ0n) is 18.2. The average molecular weight is 454 g/mol. The lowest BCUT2D eigenvalue weighted by molar-refractivity contribution is -0.318. The normalized spacial score (nSPS) is 30.1. The number of rotatable bonds is 9. The van der Waals surface area contributed by atoms with Crippen LogP contribution < -0.4 is 9.47 Å². The van der Waals surface area contributed by atoms with Gasteiger partial charge in [-0.15, -0.1) is 0 Å². The number of hydrogen-bond acceptors (Lipinski definition) is 10. The highest BCUT2D eigenvalue weighted by Gasteiger charge is 2.36. The Morgan fingerprint density at radius 1 is 1.19 bits per heavy atom. The molecule has 2 aliphatic heterocycles. The predicted octanol–water partition coefficient (Wildman–Crippen LogP) is 1.05. The van der Waals surface area contributed by atoms with Crippen molar-refractivity contribution in [3.05, 3.63) is 23.3 Å². The van der Waals surface area contributed by atoms with E-state index in [1.807, 2.05) is 19.1 Å². The second kappa shape index (κ2) is 10.3. The Morgan fingerprint density at radius 3 is 2.69 bits per heavy atom. The first-order chi connectivity index (χ1) is 15.5. The quantitative estimate of drug-likeness (QED) is 0.414. The van der Waals surface area contributed by atoms with Crippen LogP contribution in [0.15, 0.2) is 12.1 Å². The van der Waals surface area contributed by atoms with Gasteiger partial charge in [0.15, 0.2) is 17.8 Å². The van der Waals surface area contributed by atoms with E-state index in [4.69, 9.17) is 33.2 Å². The first-order valence-corrected chi connectivity index (χ1v) is 10.8. The van der Waals surface area contributed by atoms with Gasteiger partial charge in [-0.2, -0.15) is 0 Å². The number of aliphatic hydroxyl groups excluding tert-OH is 1. The summed E-state index contributed by atoms with van der Waals surface area (Å²) >= 11 is 0. The van der Waals surface area contributed by atoms with Gasteiger partial charge in [0.25, 0.3) is 6.47 Å². The molecule has 3 aliphatic rings. The first kappa shape index (κ1) is 23.2. The Balaban J connectivity index is 1.48. The maximum atomic E-state index is 10.8. The molecule has 4 rings (SSSR count). The number of aryl methyl sites for hydroxylation is 1. The molecule has 1 fully saturated rings. The molecule has 0 radical (unpaired) electrons. The second-order valence-electron chi connectivity index (χ2n) is 8.27. The number of ether oxygens (including phenoxy) is 7. The second-order valence-corrected chi connectivity index (χ2v) is 8.27. The van der Waals surface area contributed by atoms with Crippen molar-refractivity contribution in [1.29, 1.82) is 0 Å². The Labute approximate surface area is 186 Å². The number of hydrogen-bond donors (Lipinski definition) is 2. The zero-order chi connectivity index (χ0) is 22.7. The van der Waals surface area contributed by atoms with Crippen LogP contribution in [0.1, 0.15) is 37.3 Å². The number of carbonyl (C=O) groups is 1. The Morgan fingerprint density at radius 2 is 1.97 bits per heavy atom. The van der Waals surface area contributed by atoms with Crippen molar-refractivity contribution in [3.8, 4) is 11.5 Å². The van der Waals surface area contributed by atoms with Crippen molar-refractivity contribution in [2.24, 2.45) is 5.92 Å². The van der Waals surface area contributed by atoms with E-state index in [9.17, 15) is 15.0 Å². The van der Waals surface area contributed by atoms with Gasteiger partial charge in [0.2, 0.25) is 19.4 Å². The molecule has 10 heteroatoms. The van der Waals surface area contributed by atoms with E-state index in [2.05, 4.69) is 0 Å². The molecule has 0 amide bonds. The summed E-state index contributed by atoms with van der Waals surface area (Å²) in [4.78, 5) is 10.8. The summed E-state index contributed by atoms with van der Waals surface area (Å²) in [5, 5.41) is 19.7. The van der Waals surface area contributed by atoms with Gasteiger partial charge in [-0.1, -0.05) is 0 Å². The fourth-order valence-electron chi connectivity index (χ4n) is 4.46. The van der Waals surface area contributed by atoms with Crippen LogP contribution in [0.5, 0.6) is 11.5 Å². The number of aliphatic hydroxyl groups is 2. The smallest absolute Gasteiger partial charge is 0.293 e. The van der Waals surface area contributed by atoms with Crippen molar-refractivity contribution in [2.45, 2.75) is 63.7 Å². The van der Waals surface area contributed by atoms with Crippen molar-refractivity contribution in [1.82, 2.24) is 0 Å². The molecule has 2 heterocycles. The predicted molar refractivity (Wildman–Crippen MR) is 108 cm³/mol. The third-order valence-corrected chi connectivity index (χ3v) is 6.18. The van der Waals surface area contributed by atoms with Crippen LogP contribution in [0.2, 0.25) is 0 Å². The van der Waals surface area contributed by atoms with Gasteiger partial charge in [-0.25, -0.2) is 0 Å². The van der Waals surface area contributed by atoms with Gasteiger partial charge in [0.05, 0.1) is 25.9 Å². The summed E-state index contributed by atoms with van der Waals surface area (Å²) in [7, 11) is 0. The molecule has 178 valence electrons. The summed E-state index contributed by atoms with van der Waals surface area (Å²) < 4.78 is 38.7. The highest BCUT2D eigenvalue weighted by Crippen LogP contribution is 2.43. The maximum absolute atomic E-state index is 10.8. The molecular formula is C22H30O10. The summed E-state index contributed by atoms with van der Waals surface area (Å²) in [6.07, 6.45) is -2.74. The SMILES string of the molecule is CC1OCC(OC(OCC2c3cc4c(cc3CCC2COC=O)OCO4)C(O)O)C(C)O1. The average Bonchev–Trinajstić information content (AvgIpc) is 3.22. The summed E-state index contributed by atoms with van der Waals surface area (Å²) in [5.41, 5.74) is 2.10. The van der Waals surface area contributed by atoms with Gasteiger partial charge in [0.1, 0.15) is 6.10 Å². The molecule has 1 aliphatic carbocycles. The third-order valence-electron chi connectivity index (χ3n) is 6.18. The topological polar surface area (TPSA) is 122 Å². The van der Waals surface area contributed by atoms with E-state index >= 15 is 0 Å². The van der Waals surface area contributed by atoms with Gasteiger partial charge in [-0.3, -0.25) is 4.79 Å². The summed E-state index contributed by atoms with van der Waals surface area (Å²) in [6.45, 7) is 4.83. The minimum absolute atomic E-state index is 0.00863. The van der Waals surface area contributed by atoms with Gasteiger partial charge in [0, 0.05) is 11.8 Å². The van der Waals surface area contributed by atoms with E-state index in [1.165, 1.54) is 0 Å². The molecule has 10 nitrogen and oxygen atoms in total. The van der Waals surface area contributed by atoms with Crippen molar-refractivity contribution >= 4 is 6.47 Å². The lowest BCUT2D eigenvalue weighted by atomic mass is 9.75. The fraction of sp³-hybridized carbons (Fsp3) is 0.682. The van der Waals surface area contributed by atoms with Crippen LogP contribution in [0.3, 0.4) is 0 Å². The van der Waals surface area contributed by atoms with E-state index in [0.717, 1.165) is 24.0 Å². The molecule has 1 aromatic carbocycles. The monoisotopic (exact) mass is 454 g/mol. The Kier molecular flexibility index (Phi) is 7.49. The molecule has 32 heavy (non-hydrogen) atoms. The lowest BCUT2D eigenvalue weighted by Crippen LogP contribution is -2.47. The van der Waals surface area contributed by atoms with Crippen LogP contribution in [0.4, 0.5) is 0 Å². The standard InChI is InChI=1S/C22H30O10/c1-12-20(9-27-13(2)31-12)32-22(21(24)25)28-8-17-15(7-26-10-23)4-3-14-5-18-19(6-16(14)17)30-11-29-18/h5-6,10,12-13,15,17,20-22,24-25H,3-4,7-9,11H2,1-2H3. The minimum Gasteiger partial charge on any atom is -0.468 e. The fourth-order valence-corrected chi connectivity index (χ4v) is 4.46. The molecule has 0 spiro atoms. The van der Waals surface area contributed by atoms with E-state index < -0.39 is 18.7 Å². The molecule has 0 aromatic heterocycles. The Bertz CT molecular complexity index is 784. The zero-order valence-corrected chi connectivity index (χ0v) is 18.2. The van der Waals surface area contributed by atoms with Crippen LogP contribution >= 0.6 is 0 Å². The molecule has 6 unspecified atom stereocenters. The largest absolute Gasteiger partial charge is 0.468 e. The van der Waals surface area contributed by atoms with Crippen LogP contribution in [-0.4, -0.2) is 74.4 Å².